The molecule has 0 spiro atoms. The van der Waals surface area contributed by atoms with Gasteiger partial charge in [-0.25, -0.2) is 4.98 Å². The van der Waals surface area contributed by atoms with E-state index in [-0.39, 0.29) is 6.04 Å². The molecule has 0 saturated heterocycles. The van der Waals surface area contributed by atoms with Crippen LogP contribution in [0.5, 0.6) is 5.75 Å². The van der Waals surface area contributed by atoms with Gasteiger partial charge in [-0.1, -0.05) is 12.1 Å². The molecule has 2 aromatic rings. The molecule has 6 nitrogen and oxygen atoms in total. The van der Waals surface area contributed by atoms with E-state index in [0.717, 1.165) is 42.2 Å². The van der Waals surface area contributed by atoms with E-state index in [4.69, 9.17) is 16.2 Å². The third-order valence-electron chi connectivity index (χ3n) is 4.36. The minimum atomic E-state index is 0.286. The second kappa shape index (κ2) is 7.05. The highest BCUT2D eigenvalue weighted by Crippen LogP contribution is 2.35. The Morgan fingerprint density at radius 1 is 1.25 bits per heavy atom. The first-order valence-electron chi connectivity index (χ1n) is 8.38. The molecule has 0 aliphatic heterocycles. The largest absolute Gasteiger partial charge is 0.494 e. The first-order chi connectivity index (χ1) is 11.5. The van der Waals surface area contributed by atoms with Gasteiger partial charge in [0.05, 0.1) is 12.3 Å². The Kier molecular flexibility index (Phi) is 4.85. The molecule has 1 aliphatic rings. The predicted octanol–water partition coefficient (Wildman–Crippen LogP) is 2.30. The van der Waals surface area contributed by atoms with Crippen LogP contribution in [0.15, 0.2) is 30.3 Å². The Morgan fingerprint density at radius 2 is 2.04 bits per heavy atom. The summed E-state index contributed by atoms with van der Waals surface area (Å²) in [7, 11) is 2.01. The van der Waals surface area contributed by atoms with Crippen molar-refractivity contribution in [2.45, 2.75) is 38.3 Å². The maximum Gasteiger partial charge on any atom is 0.222 e. The number of nitrogen functional groups attached to an aromatic ring is 1. The van der Waals surface area contributed by atoms with Crippen molar-refractivity contribution in [1.82, 2.24) is 9.97 Å². The van der Waals surface area contributed by atoms with Crippen LogP contribution >= 0.6 is 0 Å². The molecule has 1 fully saturated rings. The molecule has 3 rings (SSSR count). The highest BCUT2D eigenvalue weighted by atomic mass is 16.5. The molecule has 1 heterocycles. The molecule has 1 aliphatic carbocycles. The van der Waals surface area contributed by atoms with Crippen molar-refractivity contribution in [2.75, 3.05) is 24.3 Å². The Balaban J connectivity index is 1.74. The highest BCUT2D eigenvalue weighted by Gasteiger charge is 2.29. The number of aromatic nitrogens is 2. The maximum atomic E-state index is 5.91. The lowest BCUT2D eigenvalue weighted by atomic mass is 9.78. The van der Waals surface area contributed by atoms with Crippen LogP contribution < -0.4 is 21.1 Å². The van der Waals surface area contributed by atoms with Gasteiger partial charge in [0, 0.05) is 31.6 Å². The number of nitrogens with zero attached hydrogens (tertiary/aromatic N) is 3. The summed E-state index contributed by atoms with van der Waals surface area (Å²) in [5.74, 6) is 2.44. The lowest BCUT2D eigenvalue weighted by Gasteiger charge is -2.32. The van der Waals surface area contributed by atoms with Gasteiger partial charge in [0.15, 0.2) is 0 Å². The molecule has 1 saturated carbocycles. The van der Waals surface area contributed by atoms with Crippen LogP contribution in [-0.4, -0.2) is 29.7 Å². The van der Waals surface area contributed by atoms with Crippen molar-refractivity contribution >= 4 is 11.8 Å². The Labute approximate surface area is 142 Å². The summed E-state index contributed by atoms with van der Waals surface area (Å²) in [6.07, 6.45) is 1.94. The van der Waals surface area contributed by atoms with Crippen molar-refractivity contribution in [3.63, 3.8) is 0 Å². The Hall–Kier alpha value is -2.34. The fourth-order valence-electron chi connectivity index (χ4n) is 3.03. The average molecular weight is 327 g/mol. The molecule has 6 heteroatoms. The molecule has 0 amide bonds. The van der Waals surface area contributed by atoms with Crippen molar-refractivity contribution in [3.8, 4) is 5.75 Å². The van der Waals surface area contributed by atoms with E-state index in [9.17, 15) is 0 Å². The molecule has 24 heavy (non-hydrogen) atoms. The second-order valence-corrected chi connectivity index (χ2v) is 6.37. The zero-order valence-electron chi connectivity index (χ0n) is 14.3. The van der Waals surface area contributed by atoms with Gasteiger partial charge in [-0.05, 0) is 37.5 Å². The quantitative estimate of drug-likeness (QED) is 0.846. The highest BCUT2D eigenvalue weighted by molar-refractivity contribution is 5.45. The Bertz CT molecular complexity index is 700. The molecular weight excluding hydrogens is 302 g/mol. The summed E-state index contributed by atoms with van der Waals surface area (Å²) in [6.45, 7) is 3.37. The van der Waals surface area contributed by atoms with E-state index < -0.39 is 0 Å². The van der Waals surface area contributed by atoms with Crippen molar-refractivity contribution in [1.29, 1.82) is 0 Å². The van der Waals surface area contributed by atoms with E-state index in [1.807, 2.05) is 32.2 Å². The number of anilines is 2. The molecule has 0 unspecified atom stereocenters. The summed E-state index contributed by atoms with van der Waals surface area (Å²) in [5.41, 5.74) is 13.9. The van der Waals surface area contributed by atoms with Gasteiger partial charge >= 0.3 is 0 Å². The van der Waals surface area contributed by atoms with Gasteiger partial charge < -0.3 is 21.1 Å². The zero-order chi connectivity index (χ0) is 17.1. The van der Waals surface area contributed by atoms with E-state index in [0.29, 0.717) is 18.5 Å². The van der Waals surface area contributed by atoms with E-state index in [2.05, 4.69) is 27.0 Å². The first-order valence-corrected chi connectivity index (χ1v) is 8.38. The third kappa shape index (κ3) is 3.76. The molecular formula is C18H25N5O. The standard InChI is InChI=1S/C18H25N5O/c1-3-24-15-6-4-5-12(7-15)11-23(2)17-10-16(21-18(20)22-17)13-8-14(19)9-13/h4-7,10,13-14H,3,8-9,11,19H2,1-2H3,(H2,20,21,22). The van der Waals surface area contributed by atoms with E-state index >= 15 is 0 Å². The molecule has 1 aromatic carbocycles. The van der Waals surface area contributed by atoms with Gasteiger partial charge in [-0.15, -0.1) is 0 Å². The monoisotopic (exact) mass is 327 g/mol. The van der Waals surface area contributed by atoms with Crippen LogP contribution in [0.4, 0.5) is 11.8 Å². The van der Waals surface area contributed by atoms with Crippen molar-refractivity contribution in [3.05, 3.63) is 41.6 Å². The normalized spacial score (nSPS) is 19.6. The maximum absolute atomic E-state index is 5.91. The number of benzene rings is 1. The van der Waals surface area contributed by atoms with Gasteiger partial charge in [-0.2, -0.15) is 4.98 Å². The summed E-state index contributed by atoms with van der Waals surface area (Å²) >= 11 is 0. The number of ether oxygens (including phenoxy) is 1. The van der Waals surface area contributed by atoms with Crippen LogP contribution in [0.1, 0.15) is 36.9 Å². The number of hydrogen-bond donors (Lipinski definition) is 2. The number of hydrogen-bond acceptors (Lipinski definition) is 6. The molecule has 0 radical (unpaired) electrons. The van der Waals surface area contributed by atoms with E-state index in [1.54, 1.807) is 0 Å². The van der Waals surface area contributed by atoms with Crippen molar-refractivity contribution < 1.29 is 4.74 Å². The van der Waals surface area contributed by atoms with Crippen LogP contribution in [-0.2, 0) is 6.54 Å². The Morgan fingerprint density at radius 3 is 2.75 bits per heavy atom. The lowest BCUT2D eigenvalue weighted by Crippen LogP contribution is -2.35. The zero-order valence-corrected chi connectivity index (χ0v) is 14.3. The summed E-state index contributed by atoms with van der Waals surface area (Å²) in [5, 5.41) is 0. The molecule has 0 atom stereocenters. The fraction of sp³-hybridized carbons (Fsp3) is 0.444. The van der Waals surface area contributed by atoms with Crippen LogP contribution in [0.2, 0.25) is 0 Å². The SMILES string of the molecule is CCOc1cccc(CN(C)c2cc(C3CC(N)C3)nc(N)n2)c1. The minimum absolute atomic E-state index is 0.286. The number of nitrogens with two attached hydrogens (primary N) is 2. The molecule has 4 N–H and O–H groups in total. The topological polar surface area (TPSA) is 90.3 Å². The van der Waals surface area contributed by atoms with E-state index in [1.165, 1.54) is 0 Å². The fourth-order valence-corrected chi connectivity index (χ4v) is 3.03. The van der Waals surface area contributed by atoms with Crippen molar-refractivity contribution in [2.24, 2.45) is 5.73 Å². The van der Waals surface area contributed by atoms with Gasteiger partial charge in [-0.3, -0.25) is 0 Å². The minimum Gasteiger partial charge on any atom is -0.494 e. The van der Waals surface area contributed by atoms with Gasteiger partial charge in [0.1, 0.15) is 11.6 Å². The van der Waals surface area contributed by atoms with Crippen LogP contribution in [0.25, 0.3) is 0 Å². The summed E-state index contributed by atoms with van der Waals surface area (Å²) < 4.78 is 5.56. The smallest absolute Gasteiger partial charge is 0.222 e. The third-order valence-corrected chi connectivity index (χ3v) is 4.36. The van der Waals surface area contributed by atoms with Crippen LogP contribution in [0, 0.1) is 0 Å². The summed E-state index contributed by atoms with van der Waals surface area (Å²) in [4.78, 5) is 10.8. The van der Waals surface area contributed by atoms with Gasteiger partial charge in [0.25, 0.3) is 0 Å². The first kappa shape index (κ1) is 16.5. The predicted molar refractivity (Wildman–Crippen MR) is 96.1 cm³/mol. The molecule has 128 valence electrons. The molecule has 1 aromatic heterocycles. The average Bonchev–Trinajstić information content (AvgIpc) is 2.52. The lowest BCUT2D eigenvalue weighted by molar-refractivity contribution is 0.340. The molecule has 0 bridgehead atoms. The second-order valence-electron chi connectivity index (χ2n) is 6.37. The van der Waals surface area contributed by atoms with Crippen LogP contribution in [0.3, 0.4) is 0 Å². The van der Waals surface area contributed by atoms with Gasteiger partial charge in [0.2, 0.25) is 5.95 Å². The number of rotatable bonds is 6. The summed E-state index contributed by atoms with van der Waals surface area (Å²) in [6, 6.07) is 10.4.